The summed E-state index contributed by atoms with van der Waals surface area (Å²) in [5.74, 6) is 0.895. The van der Waals surface area contributed by atoms with Crippen LogP contribution in [0.1, 0.15) is 31.0 Å². The van der Waals surface area contributed by atoms with Gasteiger partial charge in [0.25, 0.3) is 0 Å². The monoisotopic (exact) mass is 339 g/mol. The van der Waals surface area contributed by atoms with E-state index in [2.05, 4.69) is 57.1 Å². The highest BCUT2D eigenvalue weighted by Gasteiger charge is 2.14. The van der Waals surface area contributed by atoms with Crippen molar-refractivity contribution in [3.63, 3.8) is 0 Å². The van der Waals surface area contributed by atoms with E-state index in [-0.39, 0.29) is 6.04 Å². The van der Waals surface area contributed by atoms with Crippen molar-refractivity contribution in [3.8, 4) is 5.75 Å². The fourth-order valence-corrected chi connectivity index (χ4v) is 3.24. The average molecular weight is 340 g/mol. The van der Waals surface area contributed by atoms with Crippen LogP contribution in [0.5, 0.6) is 5.75 Å². The number of rotatable bonds is 6. The van der Waals surface area contributed by atoms with Crippen LogP contribution < -0.4 is 10.1 Å². The lowest BCUT2D eigenvalue weighted by atomic mass is 10.0. The number of nitrogens with one attached hydrogen (secondary N) is 1. The number of hydrogen-bond donors (Lipinski definition) is 1. The lowest BCUT2D eigenvalue weighted by molar-refractivity contribution is 0.338. The molecule has 0 fully saturated rings. The zero-order valence-corrected chi connectivity index (χ0v) is 13.6. The van der Waals surface area contributed by atoms with E-state index in [0.717, 1.165) is 16.8 Å². The lowest BCUT2D eigenvalue weighted by Gasteiger charge is -2.18. The van der Waals surface area contributed by atoms with Gasteiger partial charge in [-0.25, -0.2) is 0 Å². The van der Waals surface area contributed by atoms with Crippen molar-refractivity contribution in [3.05, 3.63) is 50.6 Å². The first kappa shape index (κ1) is 14.6. The van der Waals surface area contributed by atoms with Gasteiger partial charge in [0.05, 0.1) is 17.1 Å². The predicted molar refractivity (Wildman–Crippen MR) is 85.1 cm³/mol. The van der Waals surface area contributed by atoms with E-state index in [1.807, 2.05) is 13.0 Å². The summed E-state index contributed by atoms with van der Waals surface area (Å²) in [6.07, 6.45) is 0. The Morgan fingerprint density at radius 2 is 2.11 bits per heavy atom. The quantitative estimate of drug-likeness (QED) is 0.829. The molecule has 0 saturated carbocycles. The first-order valence-corrected chi connectivity index (χ1v) is 8.17. The molecule has 1 atom stereocenters. The van der Waals surface area contributed by atoms with Gasteiger partial charge in [0.15, 0.2) is 0 Å². The first-order valence-electron chi connectivity index (χ1n) is 6.44. The van der Waals surface area contributed by atoms with Crippen LogP contribution in [0, 0.1) is 0 Å². The highest BCUT2D eigenvalue weighted by Crippen LogP contribution is 2.31. The molecule has 1 heterocycles. The molecule has 2 rings (SSSR count). The Hall–Kier alpha value is -0.840. The molecule has 19 heavy (non-hydrogen) atoms. The molecule has 0 spiro atoms. The van der Waals surface area contributed by atoms with E-state index in [4.69, 9.17) is 4.74 Å². The minimum atomic E-state index is 0.239. The number of hydrogen-bond acceptors (Lipinski definition) is 3. The van der Waals surface area contributed by atoms with Gasteiger partial charge in [-0.2, -0.15) is 11.3 Å². The largest absolute Gasteiger partial charge is 0.493 e. The molecular weight excluding hydrogens is 322 g/mol. The zero-order chi connectivity index (χ0) is 13.7. The van der Waals surface area contributed by atoms with Crippen LogP contribution in [0.2, 0.25) is 0 Å². The standard InChI is InChI=1S/C15H18BrNOS/c1-3-17-15(12-7-8-19-10-12)11-5-6-14(18-4-2)13(16)9-11/h5-10,15,17H,3-4H2,1-2H3. The van der Waals surface area contributed by atoms with Crippen LogP contribution in [-0.2, 0) is 0 Å². The number of ether oxygens (including phenoxy) is 1. The molecule has 0 bridgehead atoms. The Balaban J connectivity index is 2.30. The van der Waals surface area contributed by atoms with E-state index in [1.54, 1.807) is 11.3 Å². The average Bonchev–Trinajstić information content (AvgIpc) is 2.92. The van der Waals surface area contributed by atoms with Crippen molar-refractivity contribution < 1.29 is 4.74 Å². The van der Waals surface area contributed by atoms with Gasteiger partial charge < -0.3 is 10.1 Å². The number of thiophene rings is 1. The van der Waals surface area contributed by atoms with Crippen LogP contribution in [0.25, 0.3) is 0 Å². The molecule has 0 aliphatic rings. The molecular formula is C15H18BrNOS. The van der Waals surface area contributed by atoms with E-state index in [1.165, 1.54) is 11.1 Å². The molecule has 0 amide bonds. The van der Waals surface area contributed by atoms with E-state index in [9.17, 15) is 0 Å². The third kappa shape index (κ3) is 3.59. The Morgan fingerprint density at radius 3 is 2.68 bits per heavy atom. The second kappa shape index (κ2) is 7.08. The summed E-state index contributed by atoms with van der Waals surface area (Å²) in [6.45, 7) is 5.74. The summed E-state index contributed by atoms with van der Waals surface area (Å²) in [7, 11) is 0. The fourth-order valence-electron chi connectivity index (χ4n) is 2.04. The SMILES string of the molecule is CCNC(c1ccsc1)c1ccc(OCC)c(Br)c1. The van der Waals surface area contributed by atoms with Gasteiger partial charge in [-0.15, -0.1) is 0 Å². The predicted octanol–water partition coefficient (Wildman–Crippen LogP) is 4.61. The molecule has 1 aromatic heterocycles. The van der Waals surface area contributed by atoms with Crippen molar-refractivity contribution in [2.75, 3.05) is 13.2 Å². The molecule has 2 aromatic rings. The zero-order valence-electron chi connectivity index (χ0n) is 11.2. The third-order valence-electron chi connectivity index (χ3n) is 2.87. The topological polar surface area (TPSA) is 21.3 Å². The number of halogens is 1. The Labute approximate surface area is 126 Å². The van der Waals surface area contributed by atoms with Crippen LogP contribution in [-0.4, -0.2) is 13.2 Å². The van der Waals surface area contributed by atoms with Crippen molar-refractivity contribution in [1.29, 1.82) is 0 Å². The Kier molecular flexibility index (Phi) is 5.43. The molecule has 1 N–H and O–H groups in total. The van der Waals surface area contributed by atoms with Crippen molar-refractivity contribution >= 4 is 27.3 Å². The summed E-state index contributed by atoms with van der Waals surface area (Å²) in [5, 5.41) is 7.83. The maximum Gasteiger partial charge on any atom is 0.133 e. The third-order valence-corrected chi connectivity index (χ3v) is 4.20. The van der Waals surface area contributed by atoms with Gasteiger partial charge in [0, 0.05) is 0 Å². The fraction of sp³-hybridized carbons (Fsp3) is 0.333. The van der Waals surface area contributed by atoms with E-state index < -0.39 is 0 Å². The highest BCUT2D eigenvalue weighted by molar-refractivity contribution is 9.10. The second-order valence-electron chi connectivity index (χ2n) is 4.17. The van der Waals surface area contributed by atoms with Gasteiger partial charge in [0.1, 0.15) is 5.75 Å². The smallest absolute Gasteiger partial charge is 0.133 e. The Bertz CT molecular complexity index is 513. The Morgan fingerprint density at radius 1 is 1.26 bits per heavy atom. The van der Waals surface area contributed by atoms with Crippen molar-refractivity contribution in [2.24, 2.45) is 0 Å². The van der Waals surface area contributed by atoms with Crippen LogP contribution in [0.4, 0.5) is 0 Å². The van der Waals surface area contributed by atoms with Crippen molar-refractivity contribution in [1.82, 2.24) is 5.32 Å². The molecule has 4 heteroatoms. The van der Waals surface area contributed by atoms with E-state index >= 15 is 0 Å². The van der Waals surface area contributed by atoms with Gasteiger partial charge in [-0.1, -0.05) is 13.0 Å². The maximum absolute atomic E-state index is 5.56. The minimum Gasteiger partial charge on any atom is -0.493 e. The molecule has 0 radical (unpaired) electrons. The minimum absolute atomic E-state index is 0.239. The molecule has 0 aliphatic heterocycles. The first-order chi connectivity index (χ1) is 9.26. The molecule has 0 aliphatic carbocycles. The summed E-state index contributed by atoms with van der Waals surface area (Å²) >= 11 is 5.31. The molecule has 1 aromatic carbocycles. The van der Waals surface area contributed by atoms with Crippen LogP contribution in [0.3, 0.4) is 0 Å². The highest BCUT2D eigenvalue weighted by atomic mass is 79.9. The molecule has 102 valence electrons. The van der Waals surface area contributed by atoms with Gasteiger partial charge in [0.2, 0.25) is 0 Å². The normalized spacial score (nSPS) is 12.4. The van der Waals surface area contributed by atoms with Crippen LogP contribution in [0.15, 0.2) is 39.5 Å². The van der Waals surface area contributed by atoms with Crippen molar-refractivity contribution in [2.45, 2.75) is 19.9 Å². The van der Waals surface area contributed by atoms with Gasteiger partial charge in [-0.3, -0.25) is 0 Å². The second-order valence-corrected chi connectivity index (χ2v) is 5.80. The number of benzene rings is 1. The molecule has 0 saturated heterocycles. The summed E-state index contributed by atoms with van der Waals surface area (Å²) in [5.41, 5.74) is 2.55. The lowest BCUT2D eigenvalue weighted by Crippen LogP contribution is -2.21. The molecule has 1 unspecified atom stereocenters. The van der Waals surface area contributed by atoms with Gasteiger partial charge >= 0.3 is 0 Å². The van der Waals surface area contributed by atoms with Crippen LogP contribution >= 0.6 is 27.3 Å². The summed E-state index contributed by atoms with van der Waals surface area (Å²) in [6, 6.07) is 8.70. The maximum atomic E-state index is 5.56. The van der Waals surface area contributed by atoms with Gasteiger partial charge in [-0.05, 0) is 69.5 Å². The summed E-state index contributed by atoms with van der Waals surface area (Å²) in [4.78, 5) is 0. The molecule has 2 nitrogen and oxygen atoms in total. The van der Waals surface area contributed by atoms with E-state index in [0.29, 0.717) is 6.61 Å². The summed E-state index contributed by atoms with van der Waals surface area (Å²) < 4.78 is 6.56.